The van der Waals surface area contributed by atoms with E-state index in [4.69, 9.17) is 10.00 Å². The molecule has 5 heteroatoms. The molecule has 1 aromatic carbocycles. The van der Waals surface area contributed by atoms with Crippen LogP contribution >= 0.6 is 28.6 Å². The third-order valence-electron chi connectivity index (χ3n) is 1.72. The van der Waals surface area contributed by atoms with Crippen molar-refractivity contribution in [2.24, 2.45) is 0 Å². The van der Waals surface area contributed by atoms with E-state index in [-0.39, 0.29) is 6.61 Å². The summed E-state index contributed by atoms with van der Waals surface area (Å²) in [6.07, 6.45) is 0. The van der Waals surface area contributed by atoms with Crippen LogP contribution in [0, 0.1) is 11.3 Å². The summed E-state index contributed by atoms with van der Waals surface area (Å²) in [5, 5.41) is 8.79. The Bertz CT molecular complexity index is 440. The molecule has 0 aliphatic rings. The molecule has 0 N–H and O–H groups in total. The standard InChI is InChI=1S/C10H8BrNO2S/c1-2-14-10(13)8-7(15)4-3-6(5-12)9(8)11/h3-4,15H,2H2,1H3. The van der Waals surface area contributed by atoms with E-state index in [1.807, 2.05) is 6.07 Å². The van der Waals surface area contributed by atoms with Gasteiger partial charge in [-0.1, -0.05) is 0 Å². The zero-order valence-corrected chi connectivity index (χ0v) is 10.4. The van der Waals surface area contributed by atoms with Crippen molar-refractivity contribution >= 4 is 34.5 Å². The number of carbonyl (C=O) groups is 1. The number of esters is 1. The molecule has 0 aromatic heterocycles. The van der Waals surface area contributed by atoms with Crippen molar-refractivity contribution in [1.82, 2.24) is 0 Å². The number of halogens is 1. The third-order valence-corrected chi connectivity index (χ3v) is 2.92. The van der Waals surface area contributed by atoms with Gasteiger partial charge in [0.25, 0.3) is 0 Å². The van der Waals surface area contributed by atoms with Gasteiger partial charge in [-0.2, -0.15) is 5.26 Å². The second-order valence-corrected chi connectivity index (χ2v) is 3.93. The molecule has 0 fully saturated rings. The summed E-state index contributed by atoms with van der Waals surface area (Å²) in [6.45, 7) is 2.01. The lowest BCUT2D eigenvalue weighted by Gasteiger charge is -2.07. The summed E-state index contributed by atoms with van der Waals surface area (Å²) < 4.78 is 5.29. The van der Waals surface area contributed by atoms with E-state index in [1.165, 1.54) is 0 Å². The van der Waals surface area contributed by atoms with Crippen LogP contribution < -0.4 is 0 Å². The number of benzene rings is 1. The maximum absolute atomic E-state index is 11.5. The number of ether oxygens (including phenoxy) is 1. The number of hydrogen-bond acceptors (Lipinski definition) is 4. The third kappa shape index (κ3) is 2.52. The minimum absolute atomic E-state index is 0.287. The molecule has 78 valence electrons. The second kappa shape index (κ2) is 5.19. The summed E-state index contributed by atoms with van der Waals surface area (Å²) in [5.74, 6) is -0.480. The van der Waals surface area contributed by atoms with Gasteiger partial charge in [-0.3, -0.25) is 0 Å². The summed E-state index contributed by atoms with van der Waals surface area (Å²) >= 11 is 7.34. The summed E-state index contributed by atoms with van der Waals surface area (Å²) in [4.78, 5) is 12.0. The molecule has 0 heterocycles. The fourth-order valence-electron chi connectivity index (χ4n) is 1.05. The first-order valence-corrected chi connectivity index (χ1v) is 5.44. The fraction of sp³-hybridized carbons (Fsp3) is 0.200. The number of hydrogen-bond donors (Lipinski definition) is 1. The molecular formula is C10H8BrNO2S. The van der Waals surface area contributed by atoms with E-state index in [2.05, 4.69) is 28.6 Å². The molecule has 0 saturated heterocycles. The molecule has 0 spiro atoms. The normalized spacial score (nSPS) is 9.47. The van der Waals surface area contributed by atoms with E-state index < -0.39 is 5.97 Å². The van der Waals surface area contributed by atoms with E-state index in [1.54, 1.807) is 19.1 Å². The Balaban J connectivity index is 3.28. The Kier molecular flexibility index (Phi) is 4.18. The fourth-order valence-corrected chi connectivity index (χ4v) is 2.08. The topological polar surface area (TPSA) is 50.1 Å². The van der Waals surface area contributed by atoms with Crippen LogP contribution in [0.15, 0.2) is 21.5 Å². The van der Waals surface area contributed by atoms with Crippen molar-refractivity contribution in [2.45, 2.75) is 11.8 Å². The number of thiol groups is 1. The lowest BCUT2D eigenvalue weighted by molar-refractivity contribution is 0.0521. The van der Waals surface area contributed by atoms with Crippen molar-refractivity contribution < 1.29 is 9.53 Å². The minimum Gasteiger partial charge on any atom is -0.462 e. The number of rotatable bonds is 2. The van der Waals surface area contributed by atoms with Gasteiger partial charge in [-0.05, 0) is 35.0 Å². The highest BCUT2D eigenvalue weighted by Crippen LogP contribution is 2.27. The Labute approximate surface area is 102 Å². The molecule has 1 rings (SSSR count). The predicted octanol–water partition coefficient (Wildman–Crippen LogP) is 2.79. The van der Waals surface area contributed by atoms with Crippen LogP contribution in [0.4, 0.5) is 0 Å². The first-order valence-electron chi connectivity index (χ1n) is 4.20. The monoisotopic (exact) mass is 285 g/mol. The van der Waals surface area contributed by atoms with Crippen LogP contribution in [0.5, 0.6) is 0 Å². The van der Waals surface area contributed by atoms with Crippen LogP contribution in [0.25, 0.3) is 0 Å². The summed E-state index contributed by atoms with van der Waals surface area (Å²) in [6, 6.07) is 5.16. The van der Waals surface area contributed by atoms with Gasteiger partial charge < -0.3 is 4.74 Å². The summed E-state index contributed by atoms with van der Waals surface area (Å²) in [5.41, 5.74) is 0.676. The van der Waals surface area contributed by atoms with Crippen molar-refractivity contribution in [2.75, 3.05) is 6.61 Å². The van der Waals surface area contributed by atoms with Crippen LogP contribution in [-0.2, 0) is 4.74 Å². The van der Waals surface area contributed by atoms with Gasteiger partial charge in [0.2, 0.25) is 0 Å². The number of nitrogens with zero attached hydrogens (tertiary/aromatic N) is 1. The first-order chi connectivity index (χ1) is 7.11. The maximum atomic E-state index is 11.5. The van der Waals surface area contributed by atoms with Crippen molar-refractivity contribution in [3.8, 4) is 6.07 Å². The average molecular weight is 286 g/mol. The molecule has 1 aromatic rings. The molecule has 0 aliphatic carbocycles. The first kappa shape index (κ1) is 12.1. The molecule has 3 nitrogen and oxygen atoms in total. The van der Waals surface area contributed by atoms with Crippen LogP contribution in [0.2, 0.25) is 0 Å². The molecule has 0 amide bonds. The van der Waals surface area contributed by atoms with Gasteiger partial charge in [-0.25, -0.2) is 4.79 Å². The Hall–Kier alpha value is -0.990. The lowest BCUT2D eigenvalue weighted by Crippen LogP contribution is -2.07. The molecule has 0 radical (unpaired) electrons. The molecule has 0 bridgehead atoms. The van der Waals surface area contributed by atoms with Crippen LogP contribution in [0.3, 0.4) is 0 Å². The highest BCUT2D eigenvalue weighted by Gasteiger charge is 2.17. The van der Waals surface area contributed by atoms with E-state index in [0.717, 1.165) is 0 Å². The molecular weight excluding hydrogens is 278 g/mol. The van der Waals surface area contributed by atoms with Crippen LogP contribution in [0.1, 0.15) is 22.8 Å². The highest BCUT2D eigenvalue weighted by atomic mass is 79.9. The smallest absolute Gasteiger partial charge is 0.340 e. The van der Waals surface area contributed by atoms with Gasteiger partial charge in [0.15, 0.2) is 0 Å². The zero-order valence-electron chi connectivity index (χ0n) is 7.95. The Morgan fingerprint density at radius 1 is 1.67 bits per heavy atom. The van der Waals surface area contributed by atoms with E-state index in [9.17, 15) is 4.79 Å². The lowest BCUT2D eigenvalue weighted by atomic mass is 10.1. The molecule has 0 aliphatic heterocycles. The SMILES string of the molecule is CCOC(=O)c1c(S)ccc(C#N)c1Br. The number of carbonyl (C=O) groups excluding carboxylic acids is 1. The van der Waals surface area contributed by atoms with Gasteiger partial charge in [0, 0.05) is 4.90 Å². The molecule has 15 heavy (non-hydrogen) atoms. The Morgan fingerprint density at radius 3 is 2.87 bits per heavy atom. The number of nitriles is 1. The quantitative estimate of drug-likeness (QED) is 0.672. The van der Waals surface area contributed by atoms with Crippen LogP contribution in [-0.4, -0.2) is 12.6 Å². The molecule has 0 atom stereocenters. The predicted molar refractivity (Wildman–Crippen MR) is 62.1 cm³/mol. The average Bonchev–Trinajstić information content (AvgIpc) is 2.18. The second-order valence-electron chi connectivity index (χ2n) is 2.65. The van der Waals surface area contributed by atoms with E-state index in [0.29, 0.717) is 20.5 Å². The van der Waals surface area contributed by atoms with Gasteiger partial charge in [0.1, 0.15) is 6.07 Å². The maximum Gasteiger partial charge on any atom is 0.340 e. The van der Waals surface area contributed by atoms with E-state index >= 15 is 0 Å². The zero-order chi connectivity index (χ0) is 11.4. The molecule has 0 unspecified atom stereocenters. The van der Waals surface area contributed by atoms with Crippen molar-refractivity contribution in [3.05, 3.63) is 27.7 Å². The van der Waals surface area contributed by atoms with Crippen molar-refractivity contribution in [1.29, 1.82) is 5.26 Å². The van der Waals surface area contributed by atoms with Gasteiger partial charge in [-0.15, -0.1) is 12.6 Å². The van der Waals surface area contributed by atoms with Crippen molar-refractivity contribution in [3.63, 3.8) is 0 Å². The highest BCUT2D eigenvalue weighted by molar-refractivity contribution is 9.10. The minimum atomic E-state index is -0.480. The largest absolute Gasteiger partial charge is 0.462 e. The Morgan fingerprint density at radius 2 is 2.33 bits per heavy atom. The van der Waals surface area contributed by atoms with Gasteiger partial charge >= 0.3 is 5.97 Å². The van der Waals surface area contributed by atoms with Gasteiger partial charge in [0.05, 0.1) is 22.2 Å². The molecule has 0 saturated carbocycles. The summed E-state index contributed by atoms with van der Waals surface area (Å²) in [7, 11) is 0.